The van der Waals surface area contributed by atoms with Gasteiger partial charge in [-0.25, -0.2) is 0 Å². The lowest BCUT2D eigenvalue weighted by molar-refractivity contribution is -0.909. The predicted octanol–water partition coefficient (Wildman–Crippen LogP) is 1.82. The number of nitrogens with one attached hydrogen (secondary N) is 2. The summed E-state index contributed by atoms with van der Waals surface area (Å²) in [4.78, 5) is 26.5. The third-order valence-corrected chi connectivity index (χ3v) is 5.30. The summed E-state index contributed by atoms with van der Waals surface area (Å²) in [6.07, 6.45) is 0.361. The van der Waals surface area contributed by atoms with Gasteiger partial charge in [0, 0.05) is 18.4 Å². The van der Waals surface area contributed by atoms with Crippen LogP contribution in [-0.4, -0.2) is 51.1 Å². The Labute approximate surface area is 178 Å². The van der Waals surface area contributed by atoms with Gasteiger partial charge in [0.05, 0.1) is 19.8 Å². The summed E-state index contributed by atoms with van der Waals surface area (Å²) in [5.41, 5.74) is 1.69. The fourth-order valence-electron chi connectivity index (χ4n) is 3.63. The lowest BCUT2D eigenvalue weighted by atomic mass is 10.0. The van der Waals surface area contributed by atoms with Crippen LogP contribution in [0.2, 0.25) is 0 Å². The minimum absolute atomic E-state index is 0.0386. The van der Waals surface area contributed by atoms with E-state index in [0.29, 0.717) is 12.2 Å². The van der Waals surface area contributed by atoms with Crippen molar-refractivity contribution in [3.8, 4) is 5.75 Å². The van der Waals surface area contributed by atoms with Crippen LogP contribution in [0.4, 0.5) is 0 Å². The van der Waals surface area contributed by atoms with Gasteiger partial charge in [-0.3, -0.25) is 9.59 Å². The van der Waals surface area contributed by atoms with Crippen LogP contribution in [0, 0.1) is 0 Å². The van der Waals surface area contributed by atoms with Crippen LogP contribution in [0.5, 0.6) is 5.75 Å². The molecule has 0 radical (unpaired) electrons. The lowest BCUT2D eigenvalue weighted by Gasteiger charge is -2.28. The summed E-state index contributed by atoms with van der Waals surface area (Å²) in [6.45, 7) is 6.70. The van der Waals surface area contributed by atoms with E-state index < -0.39 is 0 Å². The molecular formula is C24H31N2O4+. The summed E-state index contributed by atoms with van der Waals surface area (Å²) in [6, 6.07) is 17.0. The van der Waals surface area contributed by atoms with Gasteiger partial charge < -0.3 is 19.7 Å². The van der Waals surface area contributed by atoms with E-state index in [1.54, 1.807) is 24.3 Å². The molecule has 1 amide bonds. The first-order valence-electron chi connectivity index (χ1n) is 10.7. The van der Waals surface area contributed by atoms with Crippen LogP contribution in [0.25, 0.3) is 0 Å². The zero-order valence-corrected chi connectivity index (χ0v) is 17.6. The highest BCUT2D eigenvalue weighted by atomic mass is 16.5. The van der Waals surface area contributed by atoms with Crippen molar-refractivity contribution >= 4 is 11.7 Å². The molecule has 1 aliphatic rings. The first-order chi connectivity index (χ1) is 14.7. The smallest absolute Gasteiger partial charge is 0.221 e. The molecule has 1 heterocycles. The summed E-state index contributed by atoms with van der Waals surface area (Å²) in [5.74, 6) is 0.599. The Kier molecular flexibility index (Phi) is 8.41. The third-order valence-electron chi connectivity index (χ3n) is 5.30. The largest absolute Gasteiger partial charge is 0.494 e. The second kappa shape index (κ2) is 11.5. The molecule has 0 spiro atoms. The Morgan fingerprint density at radius 1 is 1.03 bits per heavy atom. The average Bonchev–Trinajstić information content (AvgIpc) is 2.79. The van der Waals surface area contributed by atoms with Crippen molar-refractivity contribution in [1.82, 2.24) is 5.32 Å². The third kappa shape index (κ3) is 6.68. The molecule has 1 saturated heterocycles. The van der Waals surface area contributed by atoms with Crippen molar-refractivity contribution in [3.63, 3.8) is 0 Å². The van der Waals surface area contributed by atoms with Gasteiger partial charge in [-0.2, -0.15) is 0 Å². The standard InChI is InChI=1S/C24H30N2O4/c1-2-30-21-10-8-20(9-11-21)23(27)12-13-24(28)25-22(19-6-4-3-5-7-19)18-26-14-16-29-17-15-26/h3-11,22H,2,12-18H2,1H3,(H,25,28)/p+1/t22-/m1/s1. The number of benzene rings is 2. The van der Waals surface area contributed by atoms with Gasteiger partial charge in [0.25, 0.3) is 0 Å². The van der Waals surface area contributed by atoms with E-state index in [1.807, 2.05) is 37.3 Å². The highest BCUT2D eigenvalue weighted by Crippen LogP contribution is 2.15. The number of rotatable bonds is 10. The molecule has 1 atom stereocenters. The highest BCUT2D eigenvalue weighted by Gasteiger charge is 2.23. The van der Waals surface area contributed by atoms with Gasteiger partial charge in [-0.1, -0.05) is 30.3 Å². The Balaban J connectivity index is 1.55. The Morgan fingerprint density at radius 3 is 2.40 bits per heavy atom. The molecule has 1 aliphatic heterocycles. The van der Waals surface area contributed by atoms with Crippen molar-refractivity contribution in [2.75, 3.05) is 39.5 Å². The molecule has 0 bridgehead atoms. The molecule has 0 saturated carbocycles. The second-order valence-electron chi connectivity index (χ2n) is 7.48. The molecule has 6 heteroatoms. The maximum atomic E-state index is 12.6. The minimum Gasteiger partial charge on any atom is -0.494 e. The van der Waals surface area contributed by atoms with Crippen molar-refractivity contribution in [2.24, 2.45) is 0 Å². The van der Waals surface area contributed by atoms with Gasteiger partial charge in [-0.05, 0) is 36.8 Å². The van der Waals surface area contributed by atoms with Crippen LogP contribution >= 0.6 is 0 Å². The molecule has 0 unspecified atom stereocenters. The predicted molar refractivity (Wildman–Crippen MR) is 115 cm³/mol. The van der Waals surface area contributed by atoms with Crippen LogP contribution in [0.15, 0.2) is 54.6 Å². The number of morpholine rings is 1. The van der Waals surface area contributed by atoms with Crippen molar-refractivity contribution < 1.29 is 24.0 Å². The monoisotopic (exact) mass is 411 g/mol. The number of hydrogen-bond acceptors (Lipinski definition) is 4. The molecule has 2 aromatic rings. The number of ketones is 1. The molecular weight excluding hydrogens is 380 g/mol. The van der Waals surface area contributed by atoms with Crippen molar-refractivity contribution in [3.05, 3.63) is 65.7 Å². The molecule has 6 nitrogen and oxygen atoms in total. The number of amides is 1. The van der Waals surface area contributed by atoms with Crippen LogP contribution < -0.4 is 15.0 Å². The van der Waals surface area contributed by atoms with Gasteiger partial charge in [0.1, 0.15) is 31.4 Å². The number of carbonyl (C=O) groups is 2. The molecule has 160 valence electrons. The number of ether oxygens (including phenoxy) is 2. The van der Waals surface area contributed by atoms with Gasteiger partial charge in [0.2, 0.25) is 5.91 Å². The van der Waals surface area contributed by atoms with Gasteiger partial charge >= 0.3 is 0 Å². The minimum atomic E-state index is -0.101. The maximum Gasteiger partial charge on any atom is 0.221 e. The fourth-order valence-corrected chi connectivity index (χ4v) is 3.63. The van der Waals surface area contributed by atoms with E-state index in [2.05, 4.69) is 5.32 Å². The van der Waals surface area contributed by atoms with E-state index in [4.69, 9.17) is 9.47 Å². The maximum absolute atomic E-state index is 12.6. The molecule has 3 rings (SSSR count). The summed E-state index contributed by atoms with van der Waals surface area (Å²) in [7, 11) is 0. The van der Waals surface area contributed by atoms with E-state index >= 15 is 0 Å². The van der Waals surface area contributed by atoms with Gasteiger partial charge in [0.15, 0.2) is 5.78 Å². The van der Waals surface area contributed by atoms with Crippen LogP contribution in [0.1, 0.15) is 41.7 Å². The molecule has 0 aliphatic carbocycles. The second-order valence-corrected chi connectivity index (χ2v) is 7.48. The Hall–Kier alpha value is -2.70. The quantitative estimate of drug-likeness (QED) is 0.585. The topological polar surface area (TPSA) is 69.1 Å². The Bertz CT molecular complexity index is 802. The van der Waals surface area contributed by atoms with Gasteiger partial charge in [-0.15, -0.1) is 0 Å². The van der Waals surface area contributed by atoms with Crippen LogP contribution in [-0.2, 0) is 9.53 Å². The average molecular weight is 412 g/mol. The SMILES string of the molecule is CCOc1ccc(C(=O)CCC(=O)N[C@H](C[NH+]2CCOCC2)c2ccccc2)cc1. The first-order valence-corrected chi connectivity index (χ1v) is 10.7. The summed E-state index contributed by atoms with van der Waals surface area (Å²) >= 11 is 0. The summed E-state index contributed by atoms with van der Waals surface area (Å²) < 4.78 is 10.8. The number of hydrogen-bond donors (Lipinski definition) is 2. The molecule has 2 aromatic carbocycles. The normalized spacial score (nSPS) is 15.4. The number of Topliss-reactive ketones (excluding diaryl/α,β-unsaturated/α-hetero) is 1. The fraction of sp³-hybridized carbons (Fsp3) is 0.417. The van der Waals surface area contributed by atoms with Crippen LogP contribution in [0.3, 0.4) is 0 Å². The number of quaternary nitrogens is 1. The summed E-state index contributed by atoms with van der Waals surface area (Å²) in [5, 5.41) is 3.14. The molecule has 2 N–H and O–H groups in total. The van der Waals surface area contributed by atoms with E-state index in [1.165, 1.54) is 4.90 Å². The molecule has 1 fully saturated rings. The zero-order chi connectivity index (χ0) is 21.2. The van der Waals surface area contributed by atoms with E-state index in [-0.39, 0.29) is 30.6 Å². The van der Waals surface area contributed by atoms with E-state index in [9.17, 15) is 9.59 Å². The molecule has 0 aromatic heterocycles. The zero-order valence-electron chi connectivity index (χ0n) is 17.6. The van der Waals surface area contributed by atoms with Crippen molar-refractivity contribution in [2.45, 2.75) is 25.8 Å². The Morgan fingerprint density at radius 2 is 1.73 bits per heavy atom. The first kappa shape index (κ1) is 22.0. The molecule has 30 heavy (non-hydrogen) atoms. The number of carbonyl (C=O) groups excluding carboxylic acids is 2. The lowest BCUT2D eigenvalue weighted by Crippen LogP contribution is -3.14. The van der Waals surface area contributed by atoms with E-state index in [0.717, 1.165) is 44.2 Å². The highest BCUT2D eigenvalue weighted by molar-refractivity contribution is 5.98. The van der Waals surface area contributed by atoms with Crippen molar-refractivity contribution in [1.29, 1.82) is 0 Å².